The Hall–Kier alpha value is -1.21. The number of amides is 1. The lowest BCUT2D eigenvalue weighted by Gasteiger charge is -2.01. The number of H-pyrrole nitrogens is 1. The highest BCUT2D eigenvalue weighted by atomic mass is 32.1. The van der Waals surface area contributed by atoms with Crippen LogP contribution in [0.25, 0.3) is 0 Å². The van der Waals surface area contributed by atoms with Crippen LogP contribution < -0.4 is 15.9 Å². The minimum absolute atomic E-state index is 0.0315. The van der Waals surface area contributed by atoms with E-state index >= 15 is 0 Å². The predicted molar refractivity (Wildman–Crippen MR) is 58.2 cm³/mol. The van der Waals surface area contributed by atoms with Crippen molar-refractivity contribution in [1.29, 1.82) is 0 Å². The number of thiocarbonyl (C=S) groups is 1. The van der Waals surface area contributed by atoms with E-state index in [0.717, 1.165) is 11.3 Å². The zero-order chi connectivity index (χ0) is 10.6. The molecule has 0 saturated heterocycles. The number of nitrogens with one attached hydrogen (secondary N) is 2. The number of rotatable bonds is 4. The molecule has 0 aliphatic carbocycles. The van der Waals surface area contributed by atoms with E-state index in [9.17, 15) is 9.59 Å². The molecule has 5 nitrogen and oxygen atoms in total. The van der Waals surface area contributed by atoms with E-state index in [4.69, 9.17) is 5.73 Å². The molecule has 0 aliphatic heterocycles. The molecular formula is C7H9N3O2S2. The molecule has 0 radical (unpaired) electrons. The van der Waals surface area contributed by atoms with Crippen LogP contribution in [-0.2, 0) is 11.3 Å². The summed E-state index contributed by atoms with van der Waals surface area (Å²) in [6.45, 7) is 0.292. The van der Waals surface area contributed by atoms with Gasteiger partial charge in [0.1, 0.15) is 0 Å². The van der Waals surface area contributed by atoms with E-state index in [1.165, 1.54) is 0 Å². The van der Waals surface area contributed by atoms with Gasteiger partial charge in [-0.25, -0.2) is 0 Å². The normalized spacial score (nSPS) is 9.71. The van der Waals surface area contributed by atoms with Crippen molar-refractivity contribution in [3.05, 3.63) is 20.7 Å². The van der Waals surface area contributed by atoms with E-state index in [0.29, 0.717) is 12.2 Å². The van der Waals surface area contributed by atoms with Crippen LogP contribution in [0.3, 0.4) is 0 Å². The fourth-order valence-electron chi connectivity index (χ4n) is 0.815. The largest absolute Gasteiger partial charge is 0.393 e. The minimum Gasteiger partial charge on any atom is -0.393 e. The van der Waals surface area contributed by atoms with Crippen molar-refractivity contribution in [1.82, 2.24) is 10.3 Å². The summed E-state index contributed by atoms with van der Waals surface area (Å²) in [5, 5.41) is 4.23. The fourth-order valence-corrected chi connectivity index (χ4v) is 1.53. The van der Waals surface area contributed by atoms with E-state index < -0.39 is 0 Å². The Morgan fingerprint density at radius 1 is 1.71 bits per heavy atom. The third-order valence-electron chi connectivity index (χ3n) is 1.38. The second kappa shape index (κ2) is 4.87. The molecule has 1 heterocycles. The van der Waals surface area contributed by atoms with Crippen LogP contribution in [0.15, 0.2) is 10.2 Å². The zero-order valence-corrected chi connectivity index (χ0v) is 8.83. The average Bonchev–Trinajstić information content (AvgIpc) is 2.47. The number of hydrogen-bond donors (Lipinski definition) is 3. The first-order valence-corrected chi connectivity index (χ1v) is 5.08. The van der Waals surface area contributed by atoms with Crippen molar-refractivity contribution in [3.8, 4) is 0 Å². The number of thiazole rings is 1. The van der Waals surface area contributed by atoms with Gasteiger partial charge >= 0.3 is 4.87 Å². The first kappa shape index (κ1) is 10.9. The molecule has 0 spiro atoms. The molecule has 0 saturated carbocycles. The van der Waals surface area contributed by atoms with Crippen LogP contribution in [0.2, 0.25) is 0 Å². The number of aromatic amines is 1. The van der Waals surface area contributed by atoms with Crippen LogP contribution in [-0.4, -0.2) is 15.9 Å². The summed E-state index contributed by atoms with van der Waals surface area (Å²) in [5.41, 5.74) is 5.86. The van der Waals surface area contributed by atoms with Crippen molar-refractivity contribution < 1.29 is 4.79 Å². The molecule has 7 heteroatoms. The van der Waals surface area contributed by atoms with Gasteiger partial charge < -0.3 is 16.0 Å². The van der Waals surface area contributed by atoms with E-state index in [2.05, 4.69) is 22.5 Å². The summed E-state index contributed by atoms with van der Waals surface area (Å²) in [6.07, 6.45) is 0.0315. The lowest BCUT2D eigenvalue weighted by Crippen LogP contribution is -2.27. The maximum absolute atomic E-state index is 11.1. The quantitative estimate of drug-likeness (QED) is 0.622. The summed E-state index contributed by atoms with van der Waals surface area (Å²) in [4.78, 5) is 24.4. The van der Waals surface area contributed by atoms with E-state index in [-0.39, 0.29) is 22.2 Å². The number of hydrogen-bond acceptors (Lipinski definition) is 4. The molecular weight excluding hydrogens is 222 g/mol. The van der Waals surface area contributed by atoms with Crippen molar-refractivity contribution in [2.75, 3.05) is 0 Å². The van der Waals surface area contributed by atoms with Crippen LogP contribution in [0.5, 0.6) is 0 Å². The Bertz CT molecular complexity index is 396. The van der Waals surface area contributed by atoms with Crippen LogP contribution in [0.4, 0.5) is 0 Å². The van der Waals surface area contributed by atoms with Crippen LogP contribution in [0, 0.1) is 0 Å². The number of aromatic nitrogens is 1. The number of carbonyl (C=O) groups excluding carboxylic acids is 1. The highest BCUT2D eigenvalue weighted by Gasteiger charge is 2.03. The van der Waals surface area contributed by atoms with Crippen LogP contribution >= 0.6 is 23.6 Å². The molecule has 76 valence electrons. The SMILES string of the molecule is NC(=S)CC(=O)NCc1csc(=O)[nH]1. The molecule has 1 aromatic rings. The smallest absolute Gasteiger partial charge is 0.304 e. The van der Waals surface area contributed by atoms with E-state index in [1.807, 2.05) is 0 Å². The number of carbonyl (C=O) groups is 1. The van der Waals surface area contributed by atoms with Crippen molar-refractivity contribution >= 4 is 34.5 Å². The third kappa shape index (κ3) is 3.67. The van der Waals surface area contributed by atoms with Gasteiger partial charge in [0.25, 0.3) is 0 Å². The monoisotopic (exact) mass is 231 g/mol. The standard InChI is InChI=1S/C7H9N3O2S2/c8-5(13)1-6(11)9-2-4-3-14-7(12)10-4/h3H,1-2H2,(H2,8,13)(H,9,11)(H,10,12). The third-order valence-corrected chi connectivity index (χ3v) is 2.24. The molecule has 0 fully saturated rings. The van der Waals surface area contributed by atoms with Gasteiger partial charge in [-0.3, -0.25) is 9.59 Å². The number of nitrogens with two attached hydrogens (primary N) is 1. The first-order valence-electron chi connectivity index (χ1n) is 3.79. The molecule has 4 N–H and O–H groups in total. The zero-order valence-electron chi connectivity index (χ0n) is 7.20. The maximum atomic E-state index is 11.1. The predicted octanol–water partition coefficient (Wildman–Crippen LogP) is -0.271. The summed E-state index contributed by atoms with van der Waals surface area (Å²) in [5.74, 6) is -0.246. The van der Waals surface area contributed by atoms with Gasteiger partial charge in [-0.1, -0.05) is 23.6 Å². The molecule has 0 aliphatic rings. The maximum Gasteiger partial charge on any atom is 0.304 e. The highest BCUT2D eigenvalue weighted by Crippen LogP contribution is 1.94. The summed E-state index contributed by atoms with van der Waals surface area (Å²) in [7, 11) is 0. The summed E-state index contributed by atoms with van der Waals surface area (Å²) >= 11 is 5.63. The lowest BCUT2D eigenvalue weighted by atomic mass is 10.4. The van der Waals surface area contributed by atoms with Gasteiger partial charge in [-0.15, -0.1) is 0 Å². The molecule has 0 atom stereocenters. The van der Waals surface area contributed by atoms with E-state index in [1.54, 1.807) is 5.38 Å². The van der Waals surface area contributed by atoms with Gasteiger partial charge in [-0.05, 0) is 0 Å². The van der Waals surface area contributed by atoms with Crippen LogP contribution in [0.1, 0.15) is 12.1 Å². The Morgan fingerprint density at radius 2 is 2.43 bits per heavy atom. The molecule has 0 bridgehead atoms. The Labute approximate surface area is 89.3 Å². The second-order valence-electron chi connectivity index (χ2n) is 2.59. The summed E-state index contributed by atoms with van der Waals surface area (Å²) < 4.78 is 0. The molecule has 0 aromatic carbocycles. The summed E-state index contributed by atoms with van der Waals surface area (Å²) in [6, 6.07) is 0. The topological polar surface area (TPSA) is 88.0 Å². The lowest BCUT2D eigenvalue weighted by molar-refractivity contribution is -0.120. The van der Waals surface area contributed by atoms with Gasteiger partial charge in [-0.2, -0.15) is 0 Å². The van der Waals surface area contributed by atoms with Gasteiger partial charge in [0.15, 0.2) is 0 Å². The van der Waals surface area contributed by atoms with Crippen molar-refractivity contribution in [2.24, 2.45) is 5.73 Å². The molecule has 0 unspecified atom stereocenters. The average molecular weight is 231 g/mol. The molecule has 1 amide bonds. The Kier molecular flexibility index (Phi) is 3.78. The molecule has 14 heavy (non-hydrogen) atoms. The van der Waals surface area contributed by atoms with Gasteiger partial charge in [0.2, 0.25) is 5.91 Å². The van der Waals surface area contributed by atoms with Crippen molar-refractivity contribution in [2.45, 2.75) is 13.0 Å². The Balaban J connectivity index is 2.37. The Morgan fingerprint density at radius 3 is 2.93 bits per heavy atom. The van der Waals surface area contributed by atoms with Gasteiger partial charge in [0.05, 0.1) is 18.0 Å². The minimum atomic E-state index is -0.246. The first-order chi connectivity index (χ1) is 6.58. The molecule has 1 aromatic heterocycles. The fraction of sp³-hybridized carbons (Fsp3) is 0.286. The second-order valence-corrected chi connectivity index (χ2v) is 3.96. The highest BCUT2D eigenvalue weighted by molar-refractivity contribution is 7.80. The van der Waals surface area contributed by atoms with Gasteiger partial charge in [0, 0.05) is 11.1 Å². The van der Waals surface area contributed by atoms with Crippen molar-refractivity contribution in [3.63, 3.8) is 0 Å². The molecule has 1 rings (SSSR count).